The van der Waals surface area contributed by atoms with Gasteiger partial charge in [0.2, 0.25) is 0 Å². The van der Waals surface area contributed by atoms with Crippen LogP contribution in [0.15, 0.2) is 53.4 Å². The molecule has 1 amide bonds. The van der Waals surface area contributed by atoms with E-state index in [9.17, 15) is 13.2 Å². The van der Waals surface area contributed by atoms with E-state index in [2.05, 4.69) is 5.32 Å². The highest BCUT2D eigenvalue weighted by Gasteiger charge is 2.30. The first-order valence-corrected chi connectivity index (χ1v) is 10.1. The summed E-state index contributed by atoms with van der Waals surface area (Å²) < 4.78 is 37.5. The number of carbonyl (C=O) groups excluding carboxylic acids is 1. The molecule has 0 atom stereocenters. The van der Waals surface area contributed by atoms with Crippen molar-refractivity contribution in [2.45, 2.75) is 11.3 Å². The molecule has 8 heteroatoms. The molecular weight excluding hydrogens is 368 g/mol. The topological polar surface area (TPSA) is 84.9 Å². The van der Waals surface area contributed by atoms with Gasteiger partial charge in [-0.15, -0.1) is 0 Å². The molecule has 0 saturated heterocycles. The van der Waals surface area contributed by atoms with E-state index in [4.69, 9.17) is 9.47 Å². The molecule has 0 saturated carbocycles. The highest BCUT2D eigenvalue weighted by molar-refractivity contribution is 7.92. The van der Waals surface area contributed by atoms with Gasteiger partial charge in [0, 0.05) is 20.2 Å². The van der Waals surface area contributed by atoms with Crippen molar-refractivity contribution in [3.05, 3.63) is 54.1 Å². The number of rotatable bonds is 8. The van der Waals surface area contributed by atoms with Crippen LogP contribution < -0.4 is 14.4 Å². The zero-order valence-electron chi connectivity index (χ0n) is 15.1. The Morgan fingerprint density at radius 1 is 1.15 bits per heavy atom. The third kappa shape index (κ3) is 4.40. The van der Waals surface area contributed by atoms with Crippen molar-refractivity contribution >= 4 is 21.6 Å². The fourth-order valence-electron chi connectivity index (χ4n) is 2.89. The summed E-state index contributed by atoms with van der Waals surface area (Å²) in [5, 5.41) is 2.64. The van der Waals surface area contributed by atoms with Gasteiger partial charge < -0.3 is 14.8 Å². The summed E-state index contributed by atoms with van der Waals surface area (Å²) in [6.07, 6.45) is 0.703. The predicted octanol–water partition coefficient (Wildman–Crippen LogP) is 1.58. The minimum atomic E-state index is -3.63. The minimum Gasteiger partial charge on any atom is -0.484 e. The molecule has 0 unspecified atom stereocenters. The standard InChI is InChI=1S/C19H22N2O5S/c1-25-13-11-20-19(22)14-26-16-6-8-17(9-7-16)27(23,24)21-12-10-15-4-2-3-5-18(15)21/h2-9H,10-14H2,1H3,(H,20,22). The second-order valence-corrected chi connectivity index (χ2v) is 7.92. The van der Waals surface area contributed by atoms with Crippen LogP contribution in [0.25, 0.3) is 0 Å². The summed E-state index contributed by atoms with van der Waals surface area (Å²) in [6, 6.07) is 13.6. The zero-order chi connectivity index (χ0) is 19.3. The lowest BCUT2D eigenvalue weighted by molar-refractivity contribution is -0.123. The number of benzene rings is 2. The second-order valence-electron chi connectivity index (χ2n) is 6.06. The lowest BCUT2D eigenvalue weighted by Crippen LogP contribution is -2.31. The molecule has 0 fully saturated rings. The SMILES string of the molecule is COCCNC(=O)COc1ccc(S(=O)(=O)N2CCc3ccccc32)cc1. The lowest BCUT2D eigenvalue weighted by atomic mass is 10.2. The van der Waals surface area contributed by atoms with Crippen molar-refractivity contribution in [1.29, 1.82) is 0 Å². The molecule has 144 valence electrons. The van der Waals surface area contributed by atoms with E-state index in [1.807, 2.05) is 24.3 Å². The molecule has 0 spiro atoms. The maximum absolute atomic E-state index is 12.9. The molecule has 0 aliphatic carbocycles. The van der Waals surface area contributed by atoms with Crippen LogP contribution in [0.4, 0.5) is 5.69 Å². The molecule has 27 heavy (non-hydrogen) atoms. The lowest BCUT2D eigenvalue weighted by Gasteiger charge is -2.19. The number of nitrogens with zero attached hydrogens (tertiary/aromatic N) is 1. The molecule has 1 aliphatic heterocycles. The van der Waals surface area contributed by atoms with E-state index < -0.39 is 10.0 Å². The van der Waals surface area contributed by atoms with Crippen molar-refractivity contribution < 1.29 is 22.7 Å². The molecular formula is C19H22N2O5S. The number of sulfonamides is 1. The van der Waals surface area contributed by atoms with Gasteiger partial charge in [-0.1, -0.05) is 18.2 Å². The molecule has 1 aliphatic rings. The predicted molar refractivity (Wildman–Crippen MR) is 102 cm³/mol. The van der Waals surface area contributed by atoms with Crippen molar-refractivity contribution in [2.75, 3.05) is 37.7 Å². The van der Waals surface area contributed by atoms with Crippen LogP contribution in [0.1, 0.15) is 5.56 Å². The number of methoxy groups -OCH3 is 1. The third-order valence-corrected chi connectivity index (χ3v) is 6.08. The summed E-state index contributed by atoms with van der Waals surface area (Å²) in [6.45, 7) is 1.13. The summed E-state index contributed by atoms with van der Waals surface area (Å²) in [5.74, 6) is 0.162. The highest BCUT2D eigenvalue weighted by Crippen LogP contribution is 2.32. The highest BCUT2D eigenvalue weighted by atomic mass is 32.2. The third-order valence-electron chi connectivity index (χ3n) is 4.25. The van der Waals surface area contributed by atoms with Gasteiger partial charge in [-0.2, -0.15) is 0 Å². The van der Waals surface area contributed by atoms with Crippen LogP contribution >= 0.6 is 0 Å². The maximum atomic E-state index is 12.9. The van der Waals surface area contributed by atoms with Crippen LogP contribution in [-0.2, 0) is 26.0 Å². The van der Waals surface area contributed by atoms with Crippen LogP contribution in [0, 0.1) is 0 Å². The molecule has 3 rings (SSSR count). The number of fused-ring (bicyclic) bond motifs is 1. The first-order chi connectivity index (χ1) is 13.0. The largest absolute Gasteiger partial charge is 0.484 e. The number of nitrogens with one attached hydrogen (secondary N) is 1. The van der Waals surface area contributed by atoms with Gasteiger partial charge in [-0.3, -0.25) is 9.10 Å². The summed E-state index contributed by atoms with van der Waals surface area (Å²) >= 11 is 0. The second kappa shape index (κ2) is 8.41. The van der Waals surface area contributed by atoms with Gasteiger partial charge in [0.1, 0.15) is 5.75 Å². The molecule has 2 aromatic rings. The van der Waals surface area contributed by atoms with Gasteiger partial charge >= 0.3 is 0 Å². The normalized spacial score (nSPS) is 13.3. The minimum absolute atomic E-state index is 0.144. The molecule has 0 aromatic heterocycles. The molecule has 7 nitrogen and oxygen atoms in total. The summed E-state index contributed by atoms with van der Waals surface area (Å²) in [5.41, 5.74) is 1.76. The number of hydrogen-bond acceptors (Lipinski definition) is 5. The van der Waals surface area contributed by atoms with Crippen LogP contribution in [-0.4, -0.2) is 47.7 Å². The first-order valence-electron chi connectivity index (χ1n) is 8.61. The van der Waals surface area contributed by atoms with E-state index in [1.54, 1.807) is 19.2 Å². The van der Waals surface area contributed by atoms with E-state index in [0.717, 1.165) is 11.3 Å². The van der Waals surface area contributed by atoms with Crippen LogP contribution in [0.5, 0.6) is 5.75 Å². The Bertz CT molecular complexity index is 897. The number of ether oxygens (including phenoxy) is 2. The van der Waals surface area contributed by atoms with Crippen LogP contribution in [0.2, 0.25) is 0 Å². The van der Waals surface area contributed by atoms with Gasteiger partial charge in [0.05, 0.1) is 17.2 Å². The average molecular weight is 390 g/mol. The smallest absolute Gasteiger partial charge is 0.264 e. The molecule has 0 radical (unpaired) electrons. The number of para-hydroxylation sites is 1. The quantitative estimate of drug-likeness (QED) is 0.692. The monoisotopic (exact) mass is 390 g/mol. The molecule has 2 aromatic carbocycles. The Balaban J connectivity index is 1.64. The number of amides is 1. The fourth-order valence-corrected chi connectivity index (χ4v) is 4.39. The Morgan fingerprint density at radius 3 is 2.63 bits per heavy atom. The van der Waals surface area contributed by atoms with E-state index in [1.165, 1.54) is 16.4 Å². The first kappa shape index (κ1) is 19.2. The van der Waals surface area contributed by atoms with Crippen molar-refractivity contribution in [3.8, 4) is 5.75 Å². The number of carbonyl (C=O) groups is 1. The summed E-state index contributed by atoms with van der Waals surface area (Å²) in [7, 11) is -2.08. The maximum Gasteiger partial charge on any atom is 0.264 e. The number of anilines is 1. The zero-order valence-corrected chi connectivity index (χ0v) is 15.9. The van der Waals surface area contributed by atoms with Gasteiger partial charge in [0.15, 0.2) is 6.61 Å². The van der Waals surface area contributed by atoms with Gasteiger partial charge in [-0.05, 0) is 42.3 Å². The van der Waals surface area contributed by atoms with E-state index in [-0.39, 0.29) is 17.4 Å². The molecule has 1 N–H and O–H groups in total. The average Bonchev–Trinajstić information content (AvgIpc) is 3.12. The summed E-state index contributed by atoms with van der Waals surface area (Å²) in [4.78, 5) is 11.8. The Kier molecular flexibility index (Phi) is 5.98. The Hall–Kier alpha value is -2.58. The van der Waals surface area contributed by atoms with Crippen molar-refractivity contribution in [3.63, 3.8) is 0 Å². The van der Waals surface area contributed by atoms with Gasteiger partial charge in [0.25, 0.3) is 15.9 Å². The van der Waals surface area contributed by atoms with Crippen LogP contribution in [0.3, 0.4) is 0 Å². The van der Waals surface area contributed by atoms with E-state index >= 15 is 0 Å². The van der Waals surface area contributed by atoms with E-state index in [0.29, 0.717) is 31.9 Å². The number of hydrogen-bond donors (Lipinski definition) is 1. The fraction of sp³-hybridized carbons (Fsp3) is 0.316. The molecule has 0 bridgehead atoms. The Morgan fingerprint density at radius 2 is 1.89 bits per heavy atom. The molecule has 1 heterocycles. The van der Waals surface area contributed by atoms with Gasteiger partial charge in [-0.25, -0.2) is 8.42 Å². The van der Waals surface area contributed by atoms with Crippen molar-refractivity contribution in [2.24, 2.45) is 0 Å². The van der Waals surface area contributed by atoms with Crippen molar-refractivity contribution in [1.82, 2.24) is 5.32 Å². The Labute approximate surface area is 158 Å².